The van der Waals surface area contributed by atoms with Gasteiger partial charge < -0.3 is 21.5 Å². The van der Waals surface area contributed by atoms with Gasteiger partial charge in [0.25, 0.3) is 0 Å². The zero-order valence-corrected chi connectivity index (χ0v) is 23.1. The zero-order valence-electron chi connectivity index (χ0n) is 21.6. The summed E-state index contributed by atoms with van der Waals surface area (Å²) in [4.78, 5) is 25.0. The maximum Gasteiger partial charge on any atom is 0.335 e. The number of hydrogen-bond donors (Lipinski definition) is 4. The summed E-state index contributed by atoms with van der Waals surface area (Å²) in [6.07, 6.45) is 0.418. The number of carbonyl (C=O) groups is 2. The molecule has 10 heteroatoms. The molecule has 3 aromatic carbocycles. The van der Waals surface area contributed by atoms with Crippen molar-refractivity contribution in [3.63, 3.8) is 0 Å². The fourth-order valence-electron chi connectivity index (χ4n) is 5.31. The van der Waals surface area contributed by atoms with Gasteiger partial charge in [-0.2, -0.15) is 0 Å². The second kappa shape index (κ2) is 10.8. The number of carbonyl (C=O) groups excluding carboxylic acids is 1. The van der Waals surface area contributed by atoms with E-state index in [0.717, 1.165) is 6.07 Å². The summed E-state index contributed by atoms with van der Waals surface area (Å²) < 4.78 is 31.0. The second-order valence-corrected chi connectivity index (χ2v) is 11.9. The quantitative estimate of drug-likeness (QED) is 0.275. The normalized spacial score (nSPS) is 23.0. The van der Waals surface area contributed by atoms with Crippen LogP contribution < -0.4 is 16.4 Å². The van der Waals surface area contributed by atoms with Gasteiger partial charge in [-0.25, -0.2) is 13.6 Å². The van der Waals surface area contributed by atoms with E-state index in [4.69, 9.17) is 28.9 Å². The van der Waals surface area contributed by atoms with Crippen LogP contribution in [-0.2, 0) is 10.3 Å². The van der Waals surface area contributed by atoms with Crippen LogP contribution in [0.5, 0.6) is 0 Å². The van der Waals surface area contributed by atoms with Gasteiger partial charge in [0.2, 0.25) is 5.91 Å². The number of amides is 1. The maximum absolute atomic E-state index is 15.5. The number of halogens is 4. The summed E-state index contributed by atoms with van der Waals surface area (Å²) in [5.74, 6) is -4.07. The molecule has 39 heavy (non-hydrogen) atoms. The zero-order chi connectivity index (χ0) is 28.7. The first-order valence-corrected chi connectivity index (χ1v) is 13.1. The molecule has 0 bridgehead atoms. The Balaban J connectivity index is 1.87. The van der Waals surface area contributed by atoms with E-state index >= 15 is 8.78 Å². The molecule has 1 aliphatic heterocycles. The van der Waals surface area contributed by atoms with Crippen LogP contribution in [0.4, 0.5) is 14.5 Å². The van der Waals surface area contributed by atoms with Gasteiger partial charge in [0.1, 0.15) is 11.6 Å². The molecular weight excluding hydrogens is 547 g/mol. The van der Waals surface area contributed by atoms with Crippen LogP contribution in [0.3, 0.4) is 0 Å². The first-order valence-electron chi connectivity index (χ1n) is 12.3. The van der Waals surface area contributed by atoms with Crippen molar-refractivity contribution in [3.05, 3.63) is 99.0 Å². The van der Waals surface area contributed by atoms with Crippen LogP contribution in [-0.4, -0.2) is 29.1 Å². The predicted molar refractivity (Wildman–Crippen MR) is 148 cm³/mol. The third-order valence-corrected chi connectivity index (χ3v) is 7.46. The molecule has 1 aliphatic rings. The minimum atomic E-state index is -1.59. The molecule has 0 saturated carbocycles. The molecule has 0 radical (unpaired) electrons. The largest absolute Gasteiger partial charge is 0.478 e. The Kier molecular flexibility index (Phi) is 8.06. The second-order valence-electron chi connectivity index (χ2n) is 11.0. The van der Waals surface area contributed by atoms with E-state index in [2.05, 4.69) is 10.6 Å². The molecule has 1 fully saturated rings. The van der Waals surface area contributed by atoms with Crippen LogP contribution in [0.25, 0.3) is 0 Å². The first kappa shape index (κ1) is 29.0. The lowest BCUT2D eigenvalue weighted by molar-refractivity contribution is -0.118. The van der Waals surface area contributed by atoms with Crippen molar-refractivity contribution < 1.29 is 23.5 Å². The minimum absolute atomic E-state index is 0.0512. The van der Waals surface area contributed by atoms with Crippen molar-refractivity contribution in [2.24, 2.45) is 11.1 Å². The summed E-state index contributed by atoms with van der Waals surface area (Å²) >= 11 is 12.3. The van der Waals surface area contributed by atoms with Gasteiger partial charge in [0.15, 0.2) is 0 Å². The monoisotopic (exact) mass is 575 g/mol. The van der Waals surface area contributed by atoms with E-state index in [0.29, 0.717) is 12.1 Å². The molecule has 6 nitrogen and oxygen atoms in total. The van der Waals surface area contributed by atoms with Gasteiger partial charge >= 0.3 is 5.97 Å². The lowest BCUT2D eigenvalue weighted by Crippen LogP contribution is -2.52. The third-order valence-electron chi connectivity index (χ3n) is 6.99. The van der Waals surface area contributed by atoms with Crippen molar-refractivity contribution in [2.45, 2.75) is 50.7 Å². The molecule has 1 heterocycles. The third kappa shape index (κ3) is 5.94. The number of anilines is 1. The average molecular weight is 576 g/mol. The summed E-state index contributed by atoms with van der Waals surface area (Å²) in [6, 6.07) is 11.9. The molecule has 0 aromatic heterocycles. The number of benzene rings is 3. The predicted octanol–water partition coefficient (Wildman–Crippen LogP) is 6.32. The van der Waals surface area contributed by atoms with Gasteiger partial charge in [0, 0.05) is 33.3 Å². The van der Waals surface area contributed by atoms with Gasteiger partial charge in [-0.05, 0) is 72.0 Å². The smallest absolute Gasteiger partial charge is 0.335 e. The van der Waals surface area contributed by atoms with E-state index in [1.807, 2.05) is 20.8 Å². The van der Waals surface area contributed by atoms with Crippen LogP contribution in [0.1, 0.15) is 54.6 Å². The average Bonchev–Trinajstić information content (AvgIpc) is 3.12. The molecule has 4 atom stereocenters. The molecule has 4 rings (SSSR count). The molecule has 206 valence electrons. The van der Waals surface area contributed by atoms with E-state index < -0.39 is 47.1 Å². The molecular formula is C29H29Cl2F2N3O3. The number of hydrogen-bond acceptors (Lipinski definition) is 4. The Morgan fingerprint density at radius 3 is 2.21 bits per heavy atom. The van der Waals surface area contributed by atoms with E-state index in [9.17, 15) is 14.7 Å². The molecule has 5 N–H and O–H groups in total. The number of nitrogens with two attached hydrogens (primary N) is 1. The minimum Gasteiger partial charge on any atom is -0.478 e. The number of rotatable bonds is 6. The number of aromatic carboxylic acids is 1. The van der Waals surface area contributed by atoms with E-state index in [1.165, 1.54) is 54.6 Å². The Labute approximate surface area is 235 Å². The molecule has 0 spiro atoms. The Morgan fingerprint density at radius 2 is 1.62 bits per heavy atom. The molecule has 3 aromatic rings. The summed E-state index contributed by atoms with van der Waals surface area (Å²) in [6.45, 7) is 5.96. The van der Waals surface area contributed by atoms with E-state index in [1.54, 1.807) is 0 Å². The lowest BCUT2D eigenvalue weighted by Gasteiger charge is -2.40. The van der Waals surface area contributed by atoms with Gasteiger partial charge in [-0.1, -0.05) is 50.0 Å². The number of carboxylic acid groups (broad SMARTS) is 1. The van der Waals surface area contributed by atoms with Gasteiger partial charge in [-0.3, -0.25) is 4.79 Å². The lowest BCUT2D eigenvalue weighted by atomic mass is 9.68. The van der Waals surface area contributed by atoms with Crippen molar-refractivity contribution in [3.8, 4) is 0 Å². The summed E-state index contributed by atoms with van der Waals surface area (Å²) in [7, 11) is 0. The first-order chi connectivity index (χ1) is 18.2. The molecule has 1 amide bonds. The number of carboxylic acids is 1. The van der Waals surface area contributed by atoms with Gasteiger partial charge in [0.05, 0.1) is 17.1 Å². The van der Waals surface area contributed by atoms with E-state index in [-0.39, 0.29) is 32.2 Å². The van der Waals surface area contributed by atoms with Crippen LogP contribution in [0.15, 0.2) is 60.7 Å². The standard InChI is InChI=1S/C29H29Cl2F2N3O3/c1-28(2,3)14-23-29(34,20-10-6-17(31)13-22(20)33)24(19-12-16(30)7-11-21(19)32)25(36-23)26(37)35-18-8-4-15(5-9-18)27(38)39/h4-13,23-25,36H,14,34H2,1-3H3,(H,35,37)(H,38,39). The summed E-state index contributed by atoms with van der Waals surface area (Å²) in [5, 5.41) is 15.6. The topological polar surface area (TPSA) is 104 Å². The molecule has 0 aliphatic carbocycles. The van der Waals surface area contributed by atoms with Crippen molar-refractivity contribution in [1.29, 1.82) is 0 Å². The highest BCUT2D eigenvalue weighted by Gasteiger charge is 2.58. The highest BCUT2D eigenvalue weighted by atomic mass is 35.5. The van der Waals surface area contributed by atoms with Gasteiger partial charge in [-0.15, -0.1) is 0 Å². The highest BCUT2D eigenvalue weighted by Crippen LogP contribution is 2.49. The SMILES string of the molecule is CC(C)(C)CC1NC(C(=O)Nc2ccc(C(=O)O)cc2)C(c2cc(Cl)ccc2F)C1(N)c1ccc(Cl)cc1F. The highest BCUT2D eigenvalue weighted by molar-refractivity contribution is 6.30. The fourth-order valence-corrected chi connectivity index (χ4v) is 5.65. The summed E-state index contributed by atoms with van der Waals surface area (Å²) in [5.41, 5.74) is 5.78. The maximum atomic E-state index is 15.5. The van der Waals surface area contributed by atoms with Crippen molar-refractivity contribution >= 4 is 40.8 Å². The Bertz CT molecular complexity index is 1410. The fraction of sp³-hybridized carbons (Fsp3) is 0.310. The molecule has 1 saturated heterocycles. The Hall–Kier alpha value is -3.04. The van der Waals surface area contributed by atoms with Crippen LogP contribution in [0.2, 0.25) is 10.0 Å². The van der Waals surface area contributed by atoms with Crippen molar-refractivity contribution in [2.75, 3.05) is 5.32 Å². The Morgan fingerprint density at radius 1 is 1.00 bits per heavy atom. The van der Waals surface area contributed by atoms with Crippen molar-refractivity contribution in [1.82, 2.24) is 5.32 Å². The molecule has 4 unspecified atom stereocenters. The van der Waals surface area contributed by atoms with Crippen LogP contribution in [0, 0.1) is 17.0 Å². The number of nitrogens with one attached hydrogen (secondary N) is 2. The van der Waals surface area contributed by atoms with Crippen LogP contribution >= 0.6 is 23.2 Å².